The van der Waals surface area contributed by atoms with E-state index in [1.165, 1.54) is 10.7 Å². The first kappa shape index (κ1) is 19.8. The molecule has 3 aromatic rings. The third-order valence-electron chi connectivity index (χ3n) is 4.18. The van der Waals surface area contributed by atoms with Crippen molar-refractivity contribution in [2.75, 3.05) is 13.7 Å². The molecule has 1 N–H and O–H groups in total. The Kier molecular flexibility index (Phi) is 6.60. The zero-order valence-corrected chi connectivity index (χ0v) is 17.0. The second kappa shape index (κ2) is 9.32. The molecule has 0 atom stereocenters. The number of rotatable bonds is 7. The molecule has 7 heteroatoms. The van der Waals surface area contributed by atoms with E-state index in [2.05, 4.69) is 26.3 Å². The van der Waals surface area contributed by atoms with E-state index in [1.54, 1.807) is 13.2 Å². The first-order valence-corrected chi connectivity index (χ1v) is 9.58. The first-order chi connectivity index (χ1) is 13.5. The topological polar surface area (TPSA) is 73.2 Å². The quantitative estimate of drug-likeness (QED) is 0.611. The Bertz CT molecular complexity index is 999. The van der Waals surface area contributed by atoms with Gasteiger partial charge < -0.3 is 10.1 Å². The molecule has 1 amide bonds. The van der Waals surface area contributed by atoms with Gasteiger partial charge in [0.05, 0.1) is 25.8 Å². The second-order valence-corrected chi connectivity index (χ2v) is 7.08. The molecule has 0 radical (unpaired) electrons. The van der Waals surface area contributed by atoms with Gasteiger partial charge in [0, 0.05) is 22.6 Å². The lowest BCUT2D eigenvalue weighted by Crippen LogP contribution is -2.32. The molecule has 144 valence electrons. The van der Waals surface area contributed by atoms with Gasteiger partial charge in [-0.25, -0.2) is 4.68 Å². The fraction of sp³-hybridized carbons (Fsp3) is 0.190. The molecular formula is C21H20BrN3O3. The summed E-state index contributed by atoms with van der Waals surface area (Å²) in [6.45, 7) is 0.628. The minimum Gasteiger partial charge on any atom is -0.497 e. The van der Waals surface area contributed by atoms with Gasteiger partial charge in [0.25, 0.3) is 5.56 Å². The number of nitrogens with one attached hydrogen (secondary N) is 1. The Morgan fingerprint density at radius 3 is 2.46 bits per heavy atom. The normalized spacial score (nSPS) is 10.5. The van der Waals surface area contributed by atoms with Crippen molar-refractivity contribution in [1.82, 2.24) is 15.1 Å². The molecule has 1 heterocycles. The summed E-state index contributed by atoms with van der Waals surface area (Å²) in [6, 6.07) is 18.2. The van der Waals surface area contributed by atoms with Crippen LogP contribution in [0.2, 0.25) is 0 Å². The monoisotopic (exact) mass is 441 g/mol. The number of carbonyl (C=O) groups excluding carboxylic acids is 1. The summed E-state index contributed by atoms with van der Waals surface area (Å²) in [7, 11) is 1.61. The minimum absolute atomic E-state index is 0.0957. The maximum Gasteiger partial charge on any atom is 0.266 e. The van der Waals surface area contributed by atoms with Crippen LogP contribution >= 0.6 is 15.9 Å². The highest BCUT2D eigenvalue weighted by atomic mass is 79.9. The molecule has 0 aliphatic rings. The van der Waals surface area contributed by atoms with Crippen LogP contribution in [0.15, 0.2) is 69.9 Å². The lowest BCUT2D eigenvalue weighted by Gasteiger charge is -2.09. The number of carbonyl (C=O) groups is 1. The number of ether oxygens (including phenoxy) is 1. The van der Waals surface area contributed by atoms with E-state index in [9.17, 15) is 9.59 Å². The molecule has 0 aliphatic carbocycles. The fourth-order valence-electron chi connectivity index (χ4n) is 2.68. The summed E-state index contributed by atoms with van der Waals surface area (Å²) in [4.78, 5) is 24.1. The van der Waals surface area contributed by atoms with Gasteiger partial charge in [-0.2, -0.15) is 5.10 Å². The number of halogens is 1. The summed E-state index contributed by atoms with van der Waals surface area (Å²) in [5, 5.41) is 7.22. The Labute approximate surface area is 171 Å². The van der Waals surface area contributed by atoms with E-state index in [-0.39, 0.29) is 11.5 Å². The number of hydrogen-bond acceptors (Lipinski definition) is 4. The van der Waals surface area contributed by atoms with Crippen LogP contribution in [0, 0.1) is 0 Å². The molecule has 6 nitrogen and oxygen atoms in total. The number of aromatic nitrogens is 2. The van der Waals surface area contributed by atoms with Gasteiger partial charge in [-0.05, 0) is 48.0 Å². The van der Waals surface area contributed by atoms with Gasteiger partial charge in [0.15, 0.2) is 0 Å². The third-order valence-corrected chi connectivity index (χ3v) is 4.70. The van der Waals surface area contributed by atoms with Gasteiger partial charge in [0.2, 0.25) is 5.91 Å². The lowest BCUT2D eigenvalue weighted by molar-refractivity contribution is -0.120. The molecule has 28 heavy (non-hydrogen) atoms. The minimum atomic E-state index is -0.209. The zero-order valence-electron chi connectivity index (χ0n) is 15.4. The average Bonchev–Trinajstić information content (AvgIpc) is 2.71. The summed E-state index contributed by atoms with van der Waals surface area (Å²) in [5.41, 5.74) is 2.29. The first-order valence-electron chi connectivity index (χ1n) is 8.79. The van der Waals surface area contributed by atoms with Crippen LogP contribution in [0.1, 0.15) is 5.56 Å². The molecule has 3 rings (SSSR count). The second-order valence-electron chi connectivity index (χ2n) is 6.16. The molecule has 0 bridgehead atoms. The number of hydrogen-bond donors (Lipinski definition) is 1. The lowest BCUT2D eigenvalue weighted by atomic mass is 10.1. The van der Waals surface area contributed by atoms with Crippen LogP contribution in [-0.4, -0.2) is 29.3 Å². The van der Waals surface area contributed by atoms with Crippen LogP contribution in [0.5, 0.6) is 5.75 Å². The van der Waals surface area contributed by atoms with Crippen molar-refractivity contribution in [3.63, 3.8) is 0 Å². The van der Waals surface area contributed by atoms with Crippen molar-refractivity contribution in [2.24, 2.45) is 0 Å². The molecule has 2 aromatic carbocycles. The molecule has 0 fully saturated rings. The van der Waals surface area contributed by atoms with Crippen molar-refractivity contribution in [3.05, 3.63) is 81.1 Å². The van der Waals surface area contributed by atoms with Crippen molar-refractivity contribution < 1.29 is 9.53 Å². The average molecular weight is 442 g/mol. The summed E-state index contributed by atoms with van der Waals surface area (Å²) in [6.07, 6.45) is 0.293. The molecule has 0 spiro atoms. The molecule has 1 aromatic heterocycles. The maximum absolute atomic E-state index is 12.1. The van der Waals surface area contributed by atoms with Gasteiger partial charge >= 0.3 is 0 Å². The summed E-state index contributed by atoms with van der Waals surface area (Å²) < 4.78 is 7.49. The van der Waals surface area contributed by atoms with E-state index >= 15 is 0 Å². The van der Waals surface area contributed by atoms with Crippen LogP contribution in [-0.2, 0) is 17.8 Å². The van der Waals surface area contributed by atoms with E-state index in [0.29, 0.717) is 25.2 Å². The predicted molar refractivity (Wildman–Crippen MR) is 111 cm³/mol. The Morgan fingerprint density at radius 2 is 1.79 bits per heavy atom. The largest absolute Gasteiger partial charge is 0.497 e. The smallest absolute Gasteiger partial charge is 0.266 e. The molecular weight excluding hydrogens is 422 g/mol. The van der Waals surface area contributed by atoms with Crippen molar-refractivity contribution in [2.45, 2.75) is 13.0 Å². The maximum atomic E-state index is 12.1. The van der Waals surface area contributed by atoms with E-state index in [4.69, 9.17) is 4.74 Å². The SMILES string of the molecule is COc1ccc(-c2ccc(=O)n(CCNC(=O)Cc3ccc(Br)cc3)n2)cc1. The Balaban J connectivity index is 1.59. The molecule has 0 saturated heterocycles. The van der Waals surface area contributed by atoms with Crippen LogP contribution in [0.3, 0.4) is 0 Å². The number of benzene rings is 2. The number of nitrogens with zero attached hydrogens (tertiary/aromatic N) is 2. The van der Waals surface area contributed by atoms with Gasteiger partial charge in [0.1, 0.15) is 5.75 Å². The van der Waals surface area contributed by atoms with E-state index < -0.39 is 0 Å². The third kappa shape index (κ3) is 5.29. The Hall–Kier alpha value is -2.93. The summed E-state index contributed by atoms with van der Waals surface area (Å²) >= 11 is 3.37. The van der Waals surface area contributed by atoms with Gasteiger partial charge in [-0.1, -0.05) is 28.1 Å². The highest BCUT2D eigenvalue weighted by Crippen LogP contribution is 2.19. The molecule has 0 saturated carbocycles. The van der Waals surface area contributed by atoms with Crippen molar-refractivity contribution in [1.29, 1.82) is 0 Å². The van der Waals surface area contributed by atoms with Gasteiger partial charge in [-0.15, -0.1) is 0 Å². The highest BCUT2D eigenvalue weighted by molar-refractivity contribution is 9.10. The fourth-order valence-corrected chi connectivity index (χ4v) is 2.94. The summed E-state index contributed by atoms with van der Waals surface area (Å²) in [5.74, 6) is 0.659. The van der Waals surface area contributed by atoms with Gasteiger partial charge in [-0.3, -0.25) is 9.59 Å². The standard InChI is InChI=1S/C21H20BrN3O3/c1-28-18-8-4-16(5-9-18)19-10-11-21(27)25(24-19)13-12-23-20(26)14-15-2-6-17(22)7-3-15/h2-11H,12-14H2,1H3,(H,23,26). The number of methoxy groups -OCH3 is 1. The zero-order chi connectivity index (χ0) is 19.9. The van der Waals surface area contributed by atoms with Crippen LogP contribution < -0.4 is 15.6 Å². The predicted octanol–water partition coefficient (Wildman–Crippen LogP) is 3.04. The number of amides is 1. The Morgan fingerprint density at radius 1 is 1.07 bits per heavy atom. The van der Waals surface area contributed by atoms with Crippen molar-refractivity contribution >= 4 is 21.8 Å². The molecule has 0 unspecified atom stereocenters. The van der Waals surface area contributed by atoms with Crippen LogP contribution in [0.25, 0.3) is 11.3 Å². The van der Waals surface area contributed by atoms with Crippen molar-refractivity contribution in [3.8, 4) is 17.0 Å². The highest BCUT2D eigenvalue weighted by Gasteiger charge is 2.06. The van der Waals surface area contributed by atoms with E-state index in [1.807, 2.05) is 48.5 Å². The van der Waals surface area contributed by atoms with Crippen LogP contribution in [0.4, 0.5) is 0 Å². The molecule has 0 aliphatic heterocycles. The van der Waals surface area contributed by atoms with E-state index in [0.717, 1.165) is 21.3 Å².